The Morgan fingerprint density at radius 1 is 1.44 bits per heavy atom. The Bertz CT molecular complexity index is 494. The number of aryl methyl sites for hydroxylation is 1. The molecule has 0 atom stereocenters. The molecule has 2 aromatic rings. The van der Waals surface area contributed by atoms with Crippen LogP contribution in [-0.2, 0) is 6.42 Å². The van der Waals surface area contributed by atoms with Crippen LogP contribution >= 0.6 is 11.3 Å². The summed E-state index contributed by atoms with van der Waals surface area (Å²) in [5, 5.41) is 1.03. The maximum Gasteiger partial charge on any atom is 0.126 e. The minimum absolute atomic E-state index is 0.171. The van der Waals surface area contributed by atoms with Crippen LogP contribution in [-0.4, -0.2) is 11.5 Å². The van der Waals surface area contributed by atoms with Crippen molar-refractivity contribution in [2.24, 2.45) is 5.73 Å². The van der Waals surface area contributed by atoms with E-state index >= 15 is 0 Å². The summed E-state index contributed by atoms with van der Waals surface area (Å²) in [5.41, 5.74) is 7.14. The highest BCUT2D eigenvalue weighted by molar-refractivity contribution is 7.15. The van der Waals surface area contributed by atoms with Gasteiger partial charge in [-0.15, -0.1) is 11.3 Å². The quantitative estimate of drug-likeness (QED) is 0.890. The summed E-state index contributed by atoms with van der Waals surface area (Å²) in [6.07, 6.45) is 2.62. The van der Waals surface area contributed by atoms with Crippen molar-refractivity contribution in [1.82, 2.24) is 4.98 Å². The van der Waals surface area contributed by atoms with Gasteiger partial charge in [0.2, 0.25) is 0 Å². The van der Waals surface area contributed by atoms with Crippen LogP contribution < -0.4 is 5.73 Å². The molecule has 1 heterocycles. The molecule has 0 aliphatic carbocycles. The monoisotopic (exact) mass is 236 g/mol. The minimum Gasteiger partial charge on any atom is -0.330 e. The fraction of sp³-hybridized carbons (Fsp3) is 0.250. The van der Waals surface area contributed by atoms with E-state index < -0.39 is 0 Å². The van der Waals surface area contributed by atoms with Gasteiger partial charge in [0.05, 0.1) is 9.88 Å². The van der Waals surface area contributed by atoms with Gasteiger partial charge in [-0.25, -0.2) is 9.37 Å². The third-order valence-corrected chi connectivity index (χ3v) is 3.46. The topological polar surface area (TPSA) is 38.9 Å². The molecule has 0 unspecified atom stereocenters. The average Bonchev–Trinajstić information content (AvgIpc) is 2.71. The van der Waals surface area contributed by atoms with E-state index in [-0.39, 0.29) is 5.82 Å². The van der Waals surface area contributed by atoms with Gasteiger partial charge in [-0.05, 0) is 36.7 Å². The summed E-state index contributed by atoms with van der Waals surface area (Å²) in [5.74, 6) is -0.171. The number of aromatic nitrogens is 1. The van der Waals surface area contributed by atoms with Crippen molar-refractivity contribution < 1.29 is 4.39 Å². The number of nitrogens with two attached hydrogens (primary N) is 1. The Morgan fingerprint density at radius 2 is 2.25 bits per heavy atom. The van der Waals surface area contributed by atoms with Crippen LogP contribution in [0.5, 0.6) is 0 Å². The first-order chi connectivity index (χ1) is 7.70. The predicted octanol–water partition coefficient (Wildman–Crippen LogP) is 2.76. The Hall–Kier alpha value is -1.26. The van der Waals surface area contributed by atoms with E-state index in [0.717, 1.165) is 21.9 Å². The first-order valence-corrected chi connectivity index (χ1v) is 5.93. The highest BCUT2D eigenvalue weighted by Gasteiger charge is 2.05. The fourth-order valence-corrected chi connectivity index (χ4v) is 2.41. The Kier molecular flexibility index (Phi) is 3.31. The van der Waals surface area contributed by atoms with Crippen molar-refractivity contribution in [3.05, 3.63) is 40.8 Å². The number of benzene rings is 1. The average molecular weight is 236 g/mol. The zero-order valence-electron chi connectivity index (χ0n) is 9.03. The zero-order chi connectivity index (χ0) is 11.5. The Balaban J connectivity index is 2.31. The molecule has 0 aliphatic heterocycles. The van der Waals surface area contributed by atoms with Gasteiger partial charge in [0.1, 0.15) is 5.82 Å². The van der Waals surface area contributed by atoms with E-state index in [9.17, 15) is 4.39 Å². The molecule has 84 valence electrons. The molecule has 0 aliphatic rings. The van der Waals surface area contributed by atoms with Gasteiger partial charge in [0, 0.05) is 12.6 Å². The van der Waals surface area contributed by atoms with Crippen LogP contribution in [0.15, 0.2) is 24.4 Å². The van der Waals surface area contributed by atoms with Crippen molar-refractivity contribution in [3.8, 4) is 10.4 Å². The van der Waals surface area contributed by atoms with E-state index in [2.05, 4.69) is 4.98 Å². The van der Waals surface area contributed by atoms with Crippen molar-refractivity contribution in [2.45, 2.75) is 13.3 Å². The van der Waals surface area contributed by atoms with Crippen molar-refractivity contribution in [3.63, 3.8) is 0 Å². The molecule has 0 amide bonds. The highest BCUT2D eigenvalue weighted by Crippen LogP contribution is 2.27. The van der Waals surface area contributed by atoms with Crippen LogP contribution in [0.4, 0.5) is 4.39 Å². The molecule has 2 nitrogen and oxygen atoms in total. The van der Waals surface area contributed by atoms with Gasteiger partial charge in [-0.1, -0.05) is 6.07 Å². The second-order valence-corrected chi connectivity index (χ2v) is 4.74. The lowest BCUT2D eigenvalue weighted by Gasteiger charge is -1.99. The van der Waals surface area contributed by atoms with Crippen LogP contribution in [0.2, 0.25) is 0 Å². The second kappa shape index (κ2) is 4.72. The maximum atomic E-state index is 13.1. The lowest BCUT2D eigenvalue weighted by Crippen LogP contribution is -2.01. The molecule has 0 spiro atoms. The summed E-state index contributed by atoms with van der Waals surface area (Å²) >= 11 is 1.61. The third kappa shape index (κ3) is 2.28. The van der Waals surface area contributed by atoms with Crippen molar-refractivity contribution in [1.29, 1.82) is 0 Å². The first kappa shape index (κ1) is 11.2. The molecule has 2 N–H and O–H groups in total. The highest BCUT2D eigenvalue weighted by atomic mass is 32.1. The number of nitrogens with zero attached hydrogens (tertiary/aromatic N) is 1. The van der Waals surface area contributed by atoms with Gasteiger partial charge in [0.25, 0.3) is 0 Å². The molecule has 0 bridgehead atoms. The standard InChI is InChI=1S/C12H13FN2S/c1-8-6-9(2-3-10(8)13)11-7-15-12(16-11)4-5-14/h2-3,6-7H,4-5,14H2,1H3. The molecule has 0 fully saturated rings. The number of rotatable bonds is 3. The summed E-state index contributed by atoms with van der Waals surface area (Å²) in [4.78, 5) is 5.34. The SMILES string of the molecule is Cc1cc(-c2cnc(CCN)s2)ccc1F. The largest absolute Gasteiger partial charge is 0.330 e. The summed E-state index contributed by atoms with van der Waals surface area (Å²) in [6.45, 7) is 2.37. The van der Waals surface area contributed by atoms with E-state index in [1.807, 2.05) is 12.3 Å². The minimum atomic E-state index is -0.171. The van der Waals surface area contributed by atoms with Crippen molar-refractivity contribution >= 4 is 11.3 Å². The van der Waals surface area contributed by atoms with Crippen molar-refractivity contribution in [2.75, 3.05) is 6.54 Å². The fourth-order valence-electron chi connectivity index (χ4n) is 1.48. The summed E-state index contributed by atoms with van der Waals surface area (Å²) < 4.78 is 13.1. The van der Waals surface area contributed by atoms with Gasteiger partial charge < -0.3 is 5.73 Å². The number of halogens is 1. The lowest BCUT2D eigenvalue weighted by molar-refractivity contribution is 0.619. The summed E-state index contributed by atoms with van der Waals surface area (Å²) in [7, 11) is 0. The first-order valence-electron chi connectivity index (χ1n) is 5.12. The molecule has 0 saturated carbocycles. The van der Waals surface area contributed by atoms with Gasteiger partial charge in [-0.3, -0.25) is 0 Å². The van der Waals surface area contributed by atoms with Crippen LogP contribution in [0.25, 0.3) is 10.4 Å². The van der Waals surface area contributed by atoms with Crippen LogP contribution in [0.3, 0.4) is 0 Å². The summed E-state index contributed by atoms with van der Waals surface area (Å²) in [6, 6.07) is 5.12. The Morgan fingerprint density at radius 3 is 2.94 bits per heavy atom. The molecule has 0 radical (unpaired) electrons. The molecule has 16 heavy (non-hydrogen) atoms. The van der Waals surface area contributed by atoms with Gasteiger partial charge >= 0.3 is 0 Å². The molecular weight excluding hydrogens is 223 g/mol. The molecule has 2 rings (SSSR count). The Labute approximate surface area is 97.9 Å². The van der Waals surface area contributed by atoms with Gasteiger partial charge in [-0.2, -0.15) is 0 Å². The van der Waals surface area contributed by atoms with Crippen LogP contribution in [0.1, 0.15) is 10.6 Å². The zero-order valence-corrected chi connectivity index (χ0v) is 9.85. The van der Waals surface area contributed by atoms with Gasteiger partial charge in [0.15, 0.2) is 0 Å². The number of thiazole rings is 1. The molecule has 1 aromatic carbocycles. The molecule has 4 heteroatoms. The molecule has 0 saturated heterocycles. The number of hydrogen-bond acceptors (Lipinski definition) is 3. The van der Waals surface area contributed by atoms with Crippen LogP contribution in [0, 0.1) is 12.7 Å². The van der Waals surface area contributed by atoms with E-state index in [0.29, 0.717) is 12.1 Å². The van der Waals surface area contributed by atoms with E-state index in [1.54, 1.807) is 24.3 Å². The molecule has 1 aromatic heterocycles. The van der Waals surface area contributed by atoms with E-state index in [1.165, 1.54) is 6.07 Å². The van der Waals surface area contributed by atoms with E-state index in [4.69, 9.17) is 5.73 Å². The number of hydrogen-bond donors (Lipinski definition) is 1. The maximum absolute atomic E-state index is 13.1. The smallest absolute Gasteiger partial charge is 0.126 e. The molecular formula is C12H13FN2S. The third-order valence-electron chi connectivity index (χ3n) is 2.35. The second-order valence-electron chi connectivity index (χ2n) is 3.62. The lowest BCUT2D eigenvalue weighted by atomic mass is 10.1. The normalized spacial score (nSPS) is 10.7. The predicted molar refractivity (Wildman–Crippen MR) is 65.0 cm³/mol.